The number of carbonyl (C=O) groups excluding carboxylic acids is 1. The maximum Gasteiger partial charge on any atom is 0.254 e. The molecule has 1 saturated heterocycles. The molecule has 20 heavy (non-hydrogen) atoms. The largest absolute Gasteiger partial charge is 0.508 e. The molecule has 1 aromatic rings. The van der Waals surface area contributed by atoms with Crippen LogP contribution in [0.25, 0.3) is 0 Å². The number of nitrogens with zero attached hydrogens (tertiary/aromatic N) is 2. The van der Waals surface area contributed by atoms with Crippen LogP contribution in [0.2, 0.25) is 0 Å². The Kier molecular flexibility index (Phi) is 4.98. The van der Waals surface area contributed by atoms with E-state index in [-0.39, 0.29) is 18.3 Å². The molecule has 0 aromatic heterocycles. The summed E-state index contributed by atoms with van der Waals surface area (Å²) in [6.07, 6.45) is 0.906. The van der Waals surface area contributed by atoms with Crippen molar-refractivity contribution >= 4 is 5.91 Å². The number of hydrogen-bond donors (Lipinski definition) is 2. The van der Waals surface area contributed by atoms with E-state index in [1.54, 1.807) is 12.1 Å². The van der Waals surface area contributed by atoms with E-state index in [2.05, 4.69) is 4.90 Å². The molecule has 0 unspecified atom stereocenters. The van der Waals surface area contributed by atoms with Crippen LogP contribution in [0, 0.1) is 6.92 Å². The van der Waals surface area contributed by atoms with Gasteiger partial charge in [-0.2, -0.15) is 0 Å². The molecule has 0 aliphatic carbocycles. The van der Waals surface area contributed by atoms with Crippen LogP contribution in [-0.4, -0.2) is 65.3 Å². The standard InChI is InChI=1S/C15H22N2O3/c1-12-3-4-13(11-14(12)19)15(20)17-6-2-5-16(7-8-17)9-10-18/h3-4,11,18-19H,2,5-10H2,1H3. The number of aliphatic hydroxyl groups excluding tert-OH is 1. The molecule has 2 N–H and O–H groups in total. The van der Waals surface area contributed by atoms with Crippen molar-refractivity contribution in [3.8, 4) is 5.75 Å². The fourth-order valence-electron chi connectivity index (χ4n) is 2.46. The molecule has 1 fully saturated rings. The number of carbonyl (C=O) groups is 1. The Morgan fingerprint density at radius 2 is 2.05 bits per heavy atom. The molecular formula is C15H22N2O3. The number of phenols is 1. The van der Waals surface area contributed by atoms with E-state index >= 15 is 0 Å². The smallest absolute Gasteiger partial charge is 0.254 e. The quantitative estimate of drug-likeness (QED) is 0.860. The van der Waals surface area contributed by atoms with E-state index in [4.69, 9.17) is 5.11 Å². The van der Waals surface area contributed by atoms with Crippen molar-refractivity contribution in [3.63, 3.8) is 0 Å². The highest BCUT2D eigenvalue weighted by Crippen LogP contribution is 2.19. The summed E-state index contributed by atoms with van der Waals surface area (Å²) in [7, 11) is 0. The predicted molar refractivity (Wildman–Crippen MR) is 76.9 cm³/mol. The normalized spacial score (nSPS) is 17.0. The maximum absolute atomic E-state index is 12.4. The van der Waals surface area contributed by atoms with Crippen LogP contribution in [0.5, 0.6) is 5.75 Å². The number of rotatable bonds is 3. The van der Waals surface area contributed by atoms with Gasteiger partial charge in [-0.1, -0.05) is 6.07 Å². The zero-order chi connectivity index (χ0) is 14.5. The van der Waals surface area contributed by atoms with Gasteiger partial charge in [-0.3, -0.25) is 9.69 Å². The molecule has 2 rings (SSSR count). The second kappa shape index (κ2) is 6.72. The van der Waals surface area contributed by atoms with Gasteiger partial charge < -0.3 is 15.1 Å². The highest BCUT2D eigenvalue weighted by Gasteiger charge is 2.20. The van der Waals surface area contributed by atoms with Crippen LogP contribution >= 0.6 is 0 Å². The Morgan fingerprint density at radius 1 is 1.25 bits per heavy atom. The lowest BCUT2D eigenvalue weighted by atomic mass is 10.1. The van der Waals surface area contributed by atoms with E-state index < -0.39 is 0 Å². The van der Waals surface area contributed by atoms with Crippen molar-refractivity contribution in [3.05, 3.63) is 29.3 Å². The van der Waals surface area contributed by atoms with Crippen molar-refractivity contribution in [2.75, 3.05) is 39.3 Å². The van der Waals surface area contributed by atoms with Gasteiger partial charge in [-0.15, -0.1) is 0 Å². The monoisotopic (exact) mass is 278 g/mol. The Balaban J connectivity index is 2.03. The molecule has 1 aromatic carbocycles. The van der Waals surface area contributed by atoms with Crippen LogP contribution in [-0.2, 0) is 0 Å². The Bertz CT molecular complexity index is 476. The molecule has 1 amide bonds. The zero-order valence-corrected chi connectivity index (χ0v) is 11.9. The van der Waals surface area contributed by atoms with Crippen molar-refractivity contribution in [2.24, 2.45) is 0 Å². The first-order valence-corrected chi connectivity index (χ1v) is 7.04. The SMILES string of the molecule is Cc1ccc(C(=O)N2CCCN(CCO)CC2)cc1O. The first-order valence-electron chi connectivity index (χ1n) is 7.04. The van der Waals surface area contributed by atoms with Gasteiger partial charge in [0.05, 0.1) is 6.61 Å². The molecule has 1 aliphatic rings. The minimum absolute atomic E-state index is 0.0360. The maximum atomic E-state index is 12.4. The zero-order valence-electron chi connectivity index (χ0n) is 11.9. The minimum Gasteiger partial charge on any atom is -0.508 e. The van der Waals surface area contributed by atoms with Gasteiger partial charge in [-0.05, 0) is 37.6 Å². The summed E-state index contributed by atoms with van der Waals surface area (Å²) in [5.41, 5.74) is 1.30. The number of aliphatic hydroxyl groups is 1. The van der Waals surface area contributed by atoms with Gasteiger partial charge in [0.1, 0.15) is 5.75 Å². The molecule has 0 atom stereocenters. The minimum atomic E-state index is -0.0360. The molecule has 110 valence electrons. The lowest BCUT2D eigenvalue weighted by Crippen LogP contribution is -2.35. The third kappa shape index (κ3) is 3.49. The summed E-state index contributed by atoms with van der Waals surface area (Å²) < 4.78 is 0. The van der Waals surface area contributed by atoms with Gasteiger partial charge in [0.25, 0.3) is 5.91 Å². The summed E-state index contributed by atoms with van der Waals surface area (Å²) >= 11 is 0. The second-order valence-electron chi connectivity index (χ2n) is 5.21. The van der Waals surface area contributed by atoms with Crippen LogP contribution in [0.4, 0.5) is 0 Å². The molecule has 0 saturated carbocycles. The number of aromatic hydroxyl groups is 1. The highest BCUT2D eigenvalue weighted by atomic mass is 16.3. The number of amides is 1. The molecule has 5 nitrogen and oxygen atoms in total. The average molecular weight is 278 g/mol. The van der Waals surface area contributed by atoms with E-state index in [9.17, 15) is 9.90 Å². The Hall–Kier alpha value is -1.59. The lowest BCUT2D eigenvalue weighted by Gasteiger charge is -2.21. The average Bonchev–Trinajstić information content (AvgIpc) is 2.67. The first-order chi connectivity index (χ1) is 9.61. The van der Waals surface area contributed by atoms with Crippen molar-refractivity contribution < 1.29 is 15.0 Å². The molecule has 1 heterocycles. The Morgan fingerprint density at radius 3 is 2.75 bits per heavy atom. The fourth-order valence-corrected chi connectivity index (χ4v) is 2.46. The number of aryl methyl sites for hydroxylation is 1. The van der Waals surface area contributed by atoms with Crippen molar-refractivity contribution in [1.29, 1.82) is 0 Å². The van der Waals surface area contributed by atoms with Crippen molar-refractivity contribution in [1.82, 2.24) is 9.80 Å². The number of phenolic OH excluding ortho intramolecular Hbond substituents is 1. The highest BCUT2D eigenvalue weighted by molar-refractivity contribution is 5.94. The first kappa shape index (κ1) is 14.8. The van der Waals surface area contributed by atoms with Crippen molar-refractivity contribution in [2.45, 2.75) is 13.3 Å². The van der Waals surface area contributed by atoms with Gasteiger partial charge in [-0.25, -0.2) is 0 Å². The summed E-state index contributed by atoms with van der Waals surface area (Å²) in [5, 5.41) is 18.7. The van der Waals surface area contributed by atoms with E-state index in [1.807, 2.05) is 11.8 Å². The molecule has 0 bridgehead atoms. The Labute approximate surface area is 119 Å². The fraction of sp³-hybridized carbons (Fsp3) is 0.533. The van der Waals surface area contributed by atoms with E-state index in [0.29, 0.717) is 18.7 Å². The van der Waals surface area contributed by atoms with Crippen LogP contribution in [0.3, 0.4) is 0 Å². The molecule has 0 radical (unpaired) electrons. The van der Waals surface area contributed by atoms with Gasteiger partial charge in [0, 0.05) is 31.7 Å². The van der Waals surface area contributed by atoms with Gasteiger partial charge in [0.15, 0.2) is 0 Å². The molecular weight excluding hydrogens is 256 g/mol. The molecule has 0 spiro atoms. The van der Waals surface area contributed by atoms with Crippen LogP contribution < -0.4 is 0 Å². The number of hydrogen-bond acceptors (Lipinski definition) is 4. The van der Waals surface area contributed by atoms with Crippen LogP contribution in [0.15, 0.2) is 18.2 Å². The second-order valence-corrected chi connectivity index (χ2v) is 5.21. The molecule has 5 heteroatoms. The summed E-state index contributed by atoms with van der Waals surface area (Å²) in [5.74, 6) is 0.124. The third-order valence-electron chi connectivity index (χ3n) is 3.75. The van der Waals surface area contributed by atoms with E-state index in [0.717, 1.165) is 31.6 Å². The topological polar surface area (TPSA) is 64.0 Å². The van der Waals surface area contributed by atoms with Crippen LogP contribution in [0.1, 0.15) is 22.3 Å². The summed E-state index contributed by atoms with van der Waals surface area (Å²) in [6, 6.07) is 5.06. The number of benzene rings is 1. The van der Waals surface area contributed by atoms with Gasteiger partial charge in [0.2, 0.25) is 0 Å². The summed E-state index contributed by atoms with van der Waals surface area (Å²) in [6.45, 7) is 5.69. The molecule has 1 aliphatic heterocycles. The van der Waals surface area contributed by atoms with Gasteiger partial charge >= 0.3 is 0 Å². The lowest BCUT2D eigenvalue weighted by molar-refractivity contribution is 0.0760. The van der Waals surface area contributed by atoms with E-state index in [1.165, 1.54) is 6.07 Å². The number of β-amino-alcohol motifs (C(OH)–C–C–N with tert-alkyl or cyclic N) is 1. The third-order valence-corrected chi connectivity index (χ3v) is 3.75. The summed E-state index contributed by atoms with van der Waals surface area (Å²) in [4.78, 5) is 16.4. The predicted octanol–water partition coefficient (Wildman–Crippen LogP) is 0.841.